The summed E-state index contributed by atoms with van der Waals surface area (Å²) in [5.74, 6) is -1.88. The van der Waals surface area contributed by atoms with Gasteiger partial charge in [0.05, 0.1) is 21.7 Å². The standard InChI is InChI=1S/C33H28ClN7O11S3/c1-14-21(13-36-22-12-23(54(47,48)49)26(35)25-24(22)28(42)19-9-4-5-10-20(19)29(25)43)15(2)30(55(50,51)52)16(3)27(14)38-33-40-31(34)39-32(41-33)37-17-7-6-8-18(11-17)53(44,45)46/h4-12,36H,13,35H2,1-3H3,(H,44,45,46)(H,47,48,49)(H,50,51,52)(H2,37,38,39,40,41). The van der Waals surface area contributed by atoms with Crippen LogP contribution >= 0.6 is 11.6 Å². The van der Waals surface area contributed by atoms with Crippen LogP contribution in [0.15, 0.2) is 69.3 Å². The molecular formula is C33H28ClN7O11S3. The number of ketones is 2. The summed E-state index contributed by atoms with van der Waals surface area (Å²) in [6.07, 6.45) is 0. The number of nitrogens with two attached hydrogens (primary N) is 1. The Hall–Kier alpha value is -5.55. The maximum absolute atomic E-state index is 13.8. The second-order valence-electron chi connectivity index (χ2n) is 12.2. The van der Waals surface area contributed by atoms with E-state index in [2.05, 4.69) is 30.9 Å². The number of carbonyl (C=O) groups excluding carboxylic acids is 2. The van der Waals surface area contributed by atoms with Gasteiger partial charge in [0, 0.05) is 34.7 Å². The number of halogens is 1. The second kappa shape index (κ2) is 13.9. The first-order chi connectivity index (χ1) is 25.6. The van der Waals surface area contributed by atoms with Crippen LogP contribution < -0.4 is 21.7 Å². The van der Waals surface area contributed by atoms with Crippen LogP contribution in [0.5, 0.6) is 0 Å². The smallest absolute Gasteiger partial charge is 0.296 e. The molecule has 18 nitrogen and oxygen atoms in total. The molecule has 0 saturated carbocycles. The molecule has 0 radical (unpaired) electrons. The molecule has 1 aromatic heterocycles. The molecule has 0 atom stereocenters. The number of nitrogen functional groups attached to an aromatic ring is 1. The fourth-order valence-electron chi connectivity index (χ4n) is 6.35. The summed E-state index contributed by atoms with van der Waals surface area (Å²) in [6, 6.07) is 11.7. The molecule has 1 aliphatic carbocycles. The minimum absolute atomic E-state index is 0.0147. The quantitative estimate of drug-likeness (QED) is 0.0730. The van der Waals surface area contributed by atoms with Gasteiger partial charge in [0.15, 0.2) is 11.6 Å². The number of hydrogen-bond donors (Lipinski definition) is 7. The van der Waals surface area contributed by atoms with Gasteiger partial charge in [0.2, 0.25) is 17.2 Å². The Balaban J connectivity index is 1.44. The molecular weight excluding hydrogens is 802 g/mol. The van der Waals surface area contributed by atoms with Gasteiger partial charge in [-0.15, -0.1) is 0 Å². The lowest BCUT2D eigenvalue weighted by atomic mass is 9.82. The van der Waals surface area contributed by atoms with Gasteiger partial charge in [-0.3, -0.25) is 23.2 Å². The molecule has 0 amide bonds. The zero-order valence-corrected chi connectivity index (χ0v) is 31.7. The Bertz CT molecular complexity index is 2850. The third kappa shape index (κ3) is 7.45. The molecule has 0 fully saturated rings. The van der Waals surface area contributed by atoms with Crippen molar-refractivity contribution in [3.8, 4) is 0 Å². The van der Waals surface area contributed by atoms with E-state index in [9.17, 15) is 48.5 Å². The molecule has 286 valence electrons. The number of fused-ring (bicyclic) bond motifs is 2. The summed E-state index contributed by atoms with van der Waals surface area (Å²) >= 11 is 6.17. The van der Waals surface area contributed by atoms with Crippen LogP contribution in [0.3, 0.4) is 0 Å². The first-order valence-corrected chi connectivity index (χ1v) is 20.3. The van der Waals surface area contributed by atoms with Crippen molar-refractivity contribution < 1.29 is 48.5 Å². The maximum Gasteiger partial charge on any atom is 0.296 e. The number of carbonyl (C=O) groups is 2. The lowest BCUT2D eigenvalue weighted by molar-refractivity contribution is 0.0980. The van der Waals surface area contributed by atoms with Gasteiger partial charge in [-0.25, -0.2) is 0 Å². The third-order valence-electron chi connectivity index (χ3n) is 8.76. The highest BCUT2D eigenvalue weighted by molar-refractivity contribution is 7.86. The van der Waals surface area contributed by atoms with Crippen LogP contribution in [0, 0.1) is 20.8 Å². The zero-order valence-electron chi connectivity index (χ0n) is 28.5. The Morgan fingerprint density at radius 3 is 1.89 bits per heavy atom. The van der Waals surface area contributed by atoms with Crippen LogP contribution in [0.2, 0.25) is 5.28 Å². The highest BCUT2D eigenvalue weighted by Crippen LogP contribution is 2.41. The lowest BCUT2D eigenvalue weighted by Crippen LogP contribution is -2.25. The number of rotatable bonds is 10. The summed E-state index contributed by atoms with van der Waals surface area (Å²) in [4.78, 5) is 37.8. The van der Waals surface area contributed by atoms with Crippen molar-refractivity contribution in [1.82, 2.24) is 15.0 Å². The van der Waals surface area contributed by atoms with E-state index in [1.165, 1.54) is 50.2 Å². The summed E-state index contributed by atoms with van der Waals surface area (Å²) in [6.45, 7) is 4.01. The van der Waals surface area contributed by atoms with Gasteiger partial charge in [-0.2, -0.15) is 40.2 Å². The van der Waals surface area contributed by atoms with Gasteiger partial charge in [-0.1, -0.05) is 30.3 Å². The Labute approximate surface area is 318 Å². The van der Waals surface area contributed by atoms with Gasteiger partial charge < -0.3 is 21.7 Å². The molecule has 0 spiro atoms. The third-order valence-corrected chi connectivity index (χ3v) is 11.8. The van der Waals surface area contributed by atoms with E-state index in [1.807, 2.05) is 0 Å². The molecule has 22 heteroatoms. The topological polar surface area (TPSA) is 298 Å². The number of nitrogens with zero attached hydrogens (tertiary/aromatic N) is 3. The fourth-order valence-corrected chi connectivity index (χ4v) is 8.68. The molecule has 5 aromatic rings. The number of anilines is 6. The molecule has 4 aromatic carbocycles. The first kappa shape index (κ1) is 39.2. The summed E-state index contributed by atoms with van der Waals surface area (Å²) < 4.78 is 103. The van der Waals surface area contributed by atoms with E-state index < -0.39 is 67.9 Å². The second-order valence-corrected chi connectivity index (χ2v) is 16.7. The van der Waals surface area contributed by atoms with Crippen molar-refractivity contribution in [2.24, 2.45) is 0 Å². The highest BCUT2D eigenvalue weighted by Gasteiger charge is 2.36. The lowest BCUT2D eigenvalue weighted by Gasteiger charge is -2.25. The maximum atomic E-state index is 13.8. The van der Waals surface area contributed by atoms with Crippen LogP contribution in [0.1, 0.15) is 54.1 Å². The molecule has 0 unspecified atom stereocenters. The Kier molecular flexibility index (Phi) is 9.93. The van der Waals surface area contributed by atoms with Crippen molar-refractivity contribution in [3.05, 3.63) is 104 Å². The average Bonchev–Trinajstić information content (AvgIpc) is 3.07. The van der Waals surface area contributed by atoms with Crippen LogP contribution in [0.25, 0.3) is 0 Å². The van der Waals surface area contributed by atoms with Crippen molar-refractivity contribution in [1.29, 1.82) is 0 Å². The van der Waals surface area contributed by atoms with Crippen LogP contribution in [-0.2, 0) is 36.9 Å². The van der Waals surface area contributed by atoms with E-state index in [-0.39, 0.29) is 74.2 Å². The Morgan fingerprint density at radius 1 is 0.709 bits per heavy atom. The van der Waals surface area contributed by atoms with Crippen molar-refractivity contribution in [2.75, 3.05) is 21.7 Å². The Morgan fingerprint density at radius 2 is 1.31 bits per heavy atom. The molecule has 6 rings (SSSR count). The van der Waals surface area contributed by atoms with Crippen LogP contribution in [-0.4, -0.2) is 65.4 Å². The highest BCUT2D eigenvalue weighted by atomic mass is 35.5. The number of nitrogens with one attached hydrogen (secondary N) is 3. The van der Waals surface area contributed by atoms with Gasteiger partial charge in [-0.05, 0) is 78.9 Å². The van der Waals surface area contributed by atoms with E-state index in [0.29, 0.717) is 5.56 Å². The van der Waals surface area contributed by atoms with Gasteiger partial charge in [0.25, 0.3) is 30.4 Å². The summed E-state index contributed by atoms with van der Waals surface area (Å²) in [5, 5.41) is 8.16. The van der Waals surface area contributed by atoms with E-state index in [4.69, 9.17) is 17.3 Å². The molecule has 1 aliphatic rings. The summed E-state index contributed by atoms with van der Waals surface area (Å²) in [5.41, 5.74) is 5.26. The monoisotopic (exact) mass is 829 g/mol. The molecule has 0 saturated heterocycles. The average molecular weight is 830 g/mol. The molecule has 0 aliphatic heterocycles. The van der Waals surface area contributed by atoms with Crippen molar-refractivity contribution >= 4 is 88.2 Å². The molecule has 8 N–H and O–H groups in total. The number of benzene rings is 4. The van der Waals surface area contributed by atoms with E-state index in [1.54, 1.807) is 6.92 Å². The predicted octanol–water partition coefficient (Wildman–Crippen LogP) is 4.65. The molecule has 55 heavy (non-hydrogen) atoms. The predicted molar refractivity (Wildman–Crippen MR) is 199 cm³/mol. The SMILES string of the molecule is Cc1c(CNc2cc(S(=O)(=O)O)c(N)c3c2C(=O)c2ccccc2C3=O)c(C)c(S(=O)(=O)O)c(C)c1Nc1nc(Cl)nc(Nc2cccc(S(=O)(=O)O)c2)n1. The number of aromatic nitrogens is 3. The van der Waals surface area contributed by atoms with Crippen LogP contribution in [0.4, 0.5) is 34.6 Å². The van der Waals surface area contributed by atoms with Gasteiger partial charge >= 0.3 is 0 Å². The fraction of sp³-hybridized carbons (Fsp3) is 0.121. The largest absolute Gasteiger partial charge is 0.397 e. The van der Waals surface area contributed by atoms with E-state index in [0.717, 1.165) is 18.2 Å². The summed E-state index contributed by atoms with van der Waals surface area (Å²) in [7, 11) is -14.5. The van der Waals surface area contributed by atoms with E-state index >= 15 is 0 Å². The van der Waals surface area contributed by atoms with Crippen molar-refractivity contribution in [3.63, 3.8) is 0 Å². The normalized spacial score (nSPS) is 12.9. The minimum Gasteiger partial charge on any atom is -0.397 e. The number of hydrogen-bond acceptors (Lipinski definition) is 15. The van der Waals surface area contributed by atoms with Crippen molar-refractivity contribution in [2.45, 2.75) is 42.0 Å². The molecule has 0 bridgehead atoms. The molecule has 1 heterocycles. The zero-order chi connectivity index (χ0) is 40.4. The van der Waals surface area contributed by atoms with Gasteiger partial charge in [0.1, 0.15) is 9.79 Å². The first-order valence-electron chi connectivity index (χ1n) is 15.6. The minimum atomic E-state index is -5.04.